The fourth-order valence-electron chi connectivity index (χ4n) is 3.50. The van der Waals surface area contributed by atoms with Crippen molar-refractivity contribution in [3.8, 4) is 0 Å². The van der Waals surface area contributed by atoms with E-state index in [0.29, 0.717) is 0 Å². The largest absolute Gasteiger partial charge is 0.385 e. The van der Waals surface area contributed by atoms with Crippen molar-refractivity contribution >= 4 is 33.6 Å². The number of thiophene rings is 1. The van der Waals surface area contributed by atoms with Gasteiger partial charge in [-0.15, -0.1) is 11.3 Å². The topological polar surface area (TPSA) is 12.0 Å². The molecule has 0 aliphatic rings. The van der Waals surface area contributed by atoms with E-state index in [1.165, 1.54) is 25.4 Å². The number of hydrogen-bond acceptors (Lipinski definition) is 2. The van der Waals surface area contributed by atoms with Crippen molar-refractivity contribution in [1.82, 2.24) is 5.32 Å². The molecular weight excluding hydrogens is 406 g/mol. The highest BCUT2D eigenvalue weighted by molar-refractivity contribution is 7.17. The van der Waals surface area contributed by atoms with Gasteiger partial charge in [-0.05, 0) is 62.1 Å². The summed E-state index contributed by atoms with van der Waals surface area (Å²) in [5.41, 5.74) is 2.54. The number of allylic oxidation sites excluding steroid dienone is 7. The third-order valence-electron chi connectivity index (χ3n) is 5.13. The maximum Gasteiger partial charge on any atom is 0.0355 e. The minimum absolute atomic E-state index is 0.906. The summed E-state index contributed by atoms with van der Waals surface area (Å²) >= 11 is 1.87. The molecule has 0 aliphatic heterocycles. The van der Waals surface area contributed by atoms with Crippen molar-refractivity contribution in [3.05, 3.63) is 118 Å². The van der Waals surface area contributed by atoms with Crippen LogP contribution in [0.15, 0.2) is 103 Å². The Kier molecular flexibility index (Phi) is 9.82. The summed E-state index contributed by atoms with van der Waals surface area (Å²) in [4.78, 5) is 0. The first kappa shape index (κ1) is 23.6. The van der Waals surface area contributed by atoms with Crippen LogP contribution >= 0.6 is 11.3 Å². The van der Waals surface area contributed by atoms with Gasteiger partial charge < -0.3 is 5.32 Å². The first-order valence-electron chi connectivity index (χ1n) is 11.4. The highest BCUT2D eigenvalue weighted by Crippen LogP contribution is 2.12. The predicted molar refractivity (Wildman–Crippen MR) is 144 cm³/mol. The molecule has 32 heavy (non-hydrogen) atoms. The van der Waals surface area contributed by atoms with Gasteiger partial charge in [-0.3, -0.25) is 0 Å². The lowest BCUT2D eigenvalue weighted by Gasteiger charge is -2.05. The van der Waals surface area contributed by atoms with Gasteiger partial charge >= 0.3 is 0 Å². The summed E-state index contributed by atoms with van der Waals surface area (Å²) in [6.45, 7) is 5.01. The second-order valence-corrected chi connectivity index (χ2v) is 8.65. The number of hydrogen-bond donors (Lipinski definition) is 1. The molecule has 164 valence electrons. The molecule has 1 heterocycles. The summed E-state index contributed by atoms with van der Waals surface area (Å²) in [5.74, 6) is 0. The van der Waals surface area contributed by atoms with Crippen LogP contribution in [0.1, 0.15) is 32.3 Å². The lowest BCUT2D eigenvalue weighted by Crippen LogP contribution is -2.19. The molecule has 2 aromatic carbocycles. The van der Waals surface area contributed by atoms with E-state index in [1.54, 1.807) is 0 Å². The molecule has 0 radical (unpaired) electrons. The van der Waals surface area contributed by atoms with Crippen LogP contribution in [0.25, 0.3) is 22.2 Å². The maximum absolute atomic E-state index is 3.59. The van der Waals surface area contributed by atoms with Crippen LogP contribution in [0.4, 0.5) is 0 Å². The lowest BCUT2D eigenvalue weighted by atomic mass is 10.1. The molecule has 0 fully saturated rings. The van der Waals surface area contributed by atoms with Gasteiger partial charge in [0, 0.05) is 26.9 Å². The molecule has 0 amide bonds. The second-order valence-electron chi connectivity index (χ2n) is 7.56. The quantitative estimate of drug-likeness (QED) is 0.275. The molecule has 0 saturated heterocycles. The molecule has 3 aromatic rings. The van der Waals surface area contributed by atoms with Crippen molar-refractivity contribution in [2.24, 2.45) is 0 Å². The summed E-state index contributed by atoms with van der Waals surface area (Å²) in [7, 11) is 0. The Morgan fingerprint density at radius 1 is 0.906 bits per heavy atom. The van der Waals surface area contributed by atoms with Crippen LogP contribution in [0, 0.1) is 0 Å². The average molecular weight is 440 g/mol. The van der Waals surface area contributed by atoms with E-state index >= 15 is 0 Å². The molecule has 0 spiro atoms. The van der Waals surface area contributed by atoms with E-state index in [4.69, 9.17) is 0 Å². The fourth-order valence-corrected chi connectivity index (χ4v) is 4.66. The van der Waals surface area contributed by atoms with Crippen LogP contribution in [0.5, 0.6) is 0 Å². The average Bonchev–Trinajstić information content (AvgIpc) is 3.18. The predicted octanol–water partition coefficient (Wildman–Crippen LogP) is 6.67. The third-order valence-corrected chi connectivity index (χ3v) is 6.31. The van der Waals surface area contributed by atoms with Crippen LogP contribution in [0.3, 0.4) is 0 Å². The molecule has 3 rings (SSSR count). The minimum atomic E-state index is 0.906. The third kappa shape index (κ3) is 7.25. The van der Waals surface area contributed by atoms with E-state index < -0.39 is 0 Å². The highest BCUT2D eigenvalue weighted by atomic mass is 32.1. The van der Waals surface area contributed by atoms with Crippen molar-refractivity contribution in [2.75, 3.05) is 6.54 Å². The van der Waals surface area contributed by atoms with Crippen LogP contribution < -0.4 is 15.1 Å². The van der Waals surface area contributed by atoms with E-state index in [-0.39, 0.29) is 0 Å². The molecule has 0 saturated carbocycles. The number of rotatable bonds is 10. The van der Waals surface area contributed by atoms with Gasteiger partial charge in [0.2, 0.25) is 0 Å². The zero-order valence-electron chi connectivity index (χ0n) is 19.1. The smallest absolute Gasteiger partial charge is 0.0355 e. The Morgan fingerprint density at radius 2 is 1.69 bits per heavy atom. The molecule has 1 nitrogen and oxygen atoms in total. The zero-order chi connectivity index (χ0) is 22.4. The first-order valence-corrected chi connectivity index (χ1v) is 12.2. The standard InChI is InChI=1S/C30H33NS/c1-3-5-18-26(19-11-10-17-25-15-8-7-9-16-25)31-24-14-23-30-27(20-6-4-2)28-21-12-13-22-29(28)32-30/h3-9,11-13,15-16,18-23,31H,10,14,17,24H2,1-2H3/b5-3-,6-4-,19-11-,26-18+,27-20-,30-23+. The molecule has 2 heteroatoms. The van der Waals surface area contributed by atoms with Gasteiger partial charge in [-0.1, -0.05) is 91.1 Å². The van der Waals surface area contributed by atoms with Gasteiger partial charge in [0.05, 0.1) is 0 Å². The number of nitrogens with one attached hydrogen (secondary N) is 1. The van der Waals surface area contributed by atoms with E-state index in [2.05, 4.69) is 122 Å². The van der Waals surface area contributed by atoms with Gasteiger partial charge in [0.15, 0.2) is 0 Å². The number of fused-ring (bicyclic) bond motifs is 1. The van der Waals surface area contributed by atoms with Crippen LogP contribution in [-0.4, -0.2) is 6.54 Å². The zero-order valence-corrected chi connectivity index (χ0v) is 19.9. The Hall–Kier alpha value is -3.10. The maximum atomic E-state index is 3.59. The summed E-state index contributed by atoms with van der Waals surface area (Å²) in [6, 6.07) is 19.3. The summed E-state index contributed by atoms with van der Waals surface area (Å²) in [6.07, 6.45) is 22.6. The van der Waals surface area contributed by atoms with Crippen molar-refractivity contribution in [2.45, 2.75) is 33.1 Å². The van der Waals surface area contributed by atoms with Crippen molar-refractivity contribution in [3.63, 3.8) is 0 Å². The normalized spacial score (nSPS) is 14.0. The van der Waals surface area contributed by atoms with Gasteiger partial charge in [-0.25, -0.2) is 0 Å². The summed E-state index contributed by atoms with van der Waals surface area (Å²) < 4.78 is 2.70. The number of benzene rings is 2. The van der Waals surface area contributed by atoms with E-state index in [1.807, 2.05) is 18.3 Å². The number of aryl methyl sites for hydroxylation is 1. The molecule has 0 unspecified atom stereocenters. The van der Waals surface area contributed by atoms with E-state index in [0.717, 1.165) is 31.5 Å². The Labute approximate surface area is 196 Å². The van der Waals surface area contributed by atoms with Crippen molar-refractivity contribution in [1.29, 1.82) is 0 Å². The molecule has 0 bridgehead atoms. The summed E-state index contributed by atoms with van der Waals surface area (Å²) in [5, 5.41) is 6.26. The molecule has 1 N–H and O–H groups in total. The minimum Gasteiger partial charge on any atom is -0.385 e. The van der Waals surface area contributed by atoms with Gasteiger partial charge in [-0.2, -0.15) is 0 Å². The van der Waals surface area contributed by atoms with Gasteiger partial charge in [0.1, 0.15) is 0 Å². The highest BCUT2D eigenvalue weighted by Gasteiger charge is 1.99. The molecular formula is C30H33NS. The lowest BCUT2D eigenvalue weighted by molar-refractivity contribution is 0.835. The van der Waals surface area contributed by atoms with Crippen LogP contribution in [-0.2, 0) is 6.42 Å². The Bertz CT molecular complexity index is 1210. The monoisotopic (exact) mass is 439 g/mol. The van der Waals surface area contributed by atoms with Gasteiger partial charge in [0.25, 0.3) is 0 Å². The molecule has 0 atom stereocenters. The first-order chi connectivity index (χ1) is 15.8. The Morgan fingerprint density at radius 3 is 2.50 bits per heavy atom. The van der Waals surface area contributed by atoms with Crippen LogP contribution in [0.2, 0.25) is 0 Å². The second kappa shape index (κ2) is 13.3. The fraction of sp³-hybridized carbons (Fsp3) is 0.200. The molecule has 0 aliphatic carbocycles. The molecule has 1 aromatic heterocycles. The van der Waals surface area contributed by atoms with Crippen molar-refractivity contribution < 1.29 is 0 Å². The SMILES string of the molecule is C\C=C/C=c1\c(=C/CCNC(/C=C\CCc2ccccc2)=C/C=C\C)sc2ccccc12. The van der Waals surface area contributed by atoms with E-state index in [9.17, 15) is 0 Å². The Balaban J connectivity index is 1.64.